The van der Waals surface area contributed by atoms with E-state index in [2.05, 4.69) is 20.9 Å². The second kappa shape index (κ2) is 5.99. The highest BCUT2D eigenvalue weighted by atomic mass is 79.9. The molecule has 4 nitrogen and oxygen atoms in total. The average Bonchev–Trinajstić information content (AvgIpc) is 2.39. The molecule has 0 bridgehead atoms. The van der Waals surface area contributed by atoms with Crippen molar-refractivity contribution in [3.63, 3.8) is 0 Å². The maximum atomic E-state index is 12.3. The highest BCUT2D eigenvalue weighted by Crippen LogP contribution is 2.16. The molecule has 1 aliphatic rings. The fourth-order valence-electron chi connectivity index (χ4n) is 1.84. The lowest BCUT2D eigenvalue weighted by atomic mass is 10.2. The summed E-state index contributed by atoms with van der Waals surface area (Å²) in [7, 11) is 0. The molecule has 0 saturated carbocycles. The zero-order valence-electron chi connectivity index (χ0n) is 9.97. The molecule has 1 aromatic rings. The van der Waals surface area contributed by atoms with Gasteiger partial charge in [0.05, 0.1) is 23.8 Å². The minimum Gasteiger partial charge on any atom is -0.373 e. The Morgan fingerprint density at radius 1 is 1.67 bits per heavy atom. The predicted molar refractivity (Wildman–Crippen MR) is 73.3 cm³/mol. The van der Waals surface area contributed by atoms with Gasteiger partial charge in [0.2, 0.25) is 0 Å². The van der Waals surface area contributed by atoms with E-state index in [0.717, 1.165) is 5.33 Å². The van der Waals surface area contributed by atoms with Crippen LogP contribution in [0.4, 0.5) is 0 Å². The first kappa shape index (κ1) is 13.8. The highest BCUT2D eigenvalue weighted by Gasteiger charge is 2.30. The predicted octanol–water partition coefficient (Wildman–Crippen LogP) is 2.36. The highest BCUT2D eigenvalue weighted by molar-refractivity contribution is 9.09. The van der Waals surface area contributed by atoms with Gasteiger partial charge in [-0.05, 0) is 19.1 Å². The first-order valence-electron chi connectivity index (χ1n) is 5.72. The van der Waals surface area contributed by atoms with Crippen LogP contribution in [-0.4, -0.2) is 46.4 Å². The van der Waals surface area contributed by atoms with Gasteiger partial charge in [0.25, 0.3) is 5.91 Å². The van der Waals surface area contributed by atoms with E-state index in [1.165, 1.54) is 6.20 Å². The van der Waals surface area contributed by atoms with Gasteiger partial charge < -0.3 is 9.64 Å². The largest absolute Gasteiger partial charge is 0.373 e. The van der Waals surface area contributed by atoms with Crippen molar-refractivity contribution >= 4 is 33.4 Å². The molecule has 1 aliphatic heterocycles. The SMILES string of the molecule is CC1COC(CBr)CN1C(=O)c1ccc(Cl)cn1. The minimum absolute atomic E-state index is 0.0393. The molecule has 1 fully saturated rings. The number of rotatable bonds is 2. The van der Waals surface area contributed by atoms with Crippen molar-refractivity contribution < 1.29 is 9.53 Å². The summed E-state index contributed by atoms with van der Waals surface area (Å²) in [5.41, 5.74) is 0.418. The average molecular weight is 334 g/mol. The number of hydrogen-bond donors (Lipinski definition) is 0. The minimum atomic E-state index is -0.0755. The van der Waals surface area contributed by atoms with Crippen molar-refractivity contribution in [2.24, 2.45) is 0 Å². The van der Waals surface area contributed by atoms with E-state index in [1.807, 2.05) is 6.92 Å². The van der Waals surface area contributed by atoms with Crippen molar-refractivity contribution in [3.05, 3.63) is 29.0 Å². The van der Waals surface area contributed by atoms with E-state index < -0.39 is 0 Å². The summed E-state index contributed by atoms with van der Waals surface area (Å²) in [6, 6.07) is 3.38. The maximum Gasteiger partial charge on any atom is 0.272 e. The lowest BCUT2D eigenvalue weighted by Crippen LogP contribution is -2.51. The monoisotopic (exact) mass is 332 g/mol. The summed E-state index contributed by atoms with van der Waals surface area (Å²) < 4.78 is 5.59. The molecule has 0 spiro atoms. The Balaban J connectivity index is 2.13. The summed E-state index contributed by atoms with van der Waals surface area (Å²) in [6.45, 7) is 3.10. The second-order valence-corrected chi connectivity index (χ2v) is 5.36. The number of carbonyl (C=O) groups excluding carboxylic acids is 1. The van der Waals surface area contributed by atoms with E-state index >= 15 is 0 Å². The number of nitrogens with zero attached hydrogens (tertiary/aromatic N) is 2. The van der Waals surface area contributed by atoms with E-state index in [9.17, 15) is 4.79 Å². The first-order chi connectivity index (χ1) is 8.61. The van der Waals surface area contributed by atoms with Gasteiger partial charge in [-0.1, -0.05) is 27.5 Å². The first-order valence-corrected chi connectivity index (χ1v) is 7.22. The van der Waals surface area contributed by atoms with Gasteiger partial charge in [-0.2, -0.15) is 0 Å². The van der Waals surface area contributed by atoms with Crippen molar-refractivity contribution in [1.82, 2.24) is 9.88 Å². The summed E-state index contributed by atoms with van der Waals surface area (Å²) in [4.78, 5) is 18.2. The zero-order valence-corrected chi connectivity index (χ0v) is 12.3. The van der Waals surface area contributed by atoms with Crippen LogP contribution in [0.5, 0.6) is 0 Å². The summed E-state index contributed by atoms with van der Waals surface area (Å²) in [5.74, 6) is -0.0755. The standard InChI is InChI=1S/C12H14BrClN2O2/c1-8-7-18-10(4-13)6-16(8)12(17)11-3-2-9(14)5-15-11/h2-3,5,8,10H,4,6-7H2,1H3. The number of pyridine rings is 1. The molecular formula is C12H14BrClN2O2. The fourth-order valence-corrected chi connectivity index (χ4v) is 2.35. The Morgan fingerprint density at radius 3 is 3.06 bits per heavy atom. The molecule has 1 amide bonds. The van der Waals surface area contributed by atoms with Crippen LogP contribution in [0.2, 0.25) is 5.02 Å². The van der Waals surface area contributed by atoms with Crippen LogP contribution in [-0.2, 0) is 4.74 Å². The van der Waals surface area contributed by atoms with Gasteiger partial charge >= 0.3 is 0 Å². The zero-order chi connectivity index (χ0) is 13.1. The molecule has 2 unspecified atom stereocenters. The van der Waals surface area contributed by atoms with Crippen molar-refractivity contribution in [2.45, 2.75) is 19.1 Å². The van der Waals surface area contributed by atoms with Crippen LogP contribution in [0.25, 0.3) is 0 Å². The quantitative estimate of drug-likeness (QED) is 0.780. The smallest absolute Gasteiger partial charge is 0.272 e. The van der Waals surface area contributed by atoms with Crippen LogP contribution in [0.3, 0.4) is 0 Å². The molecule has 2 atom stereocenters. The molecule has 0 aliphatic carbocycles. The molecule has 0 N–H and O–H groups in total. The Kier molecular flexibility index (Phi) is 4.59. The van der Waals surface area contributed by atoms with Crippen LogP contribution in [0.1, 0.15) is 17.4 Å². The molecule has 6 heteroatoms. The van der Waals surface area contributed by atoms with Gasteiger partial charge in [0.15, 0.2) is 0 Å². The molecule has 2 rings (SSSR count). The van der Waals surface area contributed by atoms with Crippen LogP contribution < -0.4 is 0 Å². The lowest BCUT2D eigenvalue weighted by Gasteiger charge is -2.37. The van der Waals surface area contributed by atoms with Gasteiger partial charge in [-0.3, -0.25) is 4.79 Å². The number of ether oxygens (including phenoxy) is 1. The third-order valence-corrected chi connectivity index (χ3v) is 3.83. The van der Waals surface area contributed by atoms with Crippen molar-refractivity contribution in [1.29, 1.82) is 0 Å². The van der Waals surface area contributed by atoms with Gasteiger partial charge in [-0.15, -0.1) is 0 Å². The summed E-state index contributed by atoms with van der Waals surface area (Å²) in [6.07, 6.45) is 1.53. The lowest BCUT2D eigenvalue weighted by molar-refractivity contribution is -0.0363. The van der Waals surface area contributed by atoms with E-state index in [-0.39, 0.29) is 18.1 Å². The van der Waals surface area contributed by atoms with E-state index in [1.54, 1.807) is 17.0 Å². The maximum absolute atomic E-state index is 12.3. The fraction of sp³-hybridized carbons (Fsp3) is 0.500. The molecular weight excluding hydrogens is 320 g/mol. The van der Waals surface area contributed by atoms with Crippen molar-refractivity contribution in [3.8, 4) is 0 Å². The number of morpholine rings is 1. The van der Waals surface area contributed by atoms with Crippen LogP contribution in [0, 0.1) is 0 Å². The Morgan fingerprint density at radius 2 is 2.44 bits per heavy atom. The van der Waals surface area contributed by atoms with E-state index in [0.29, 0.717) is 23.9 Å². The normalized spacial score (nSPS) is 24.1. The topological polar surface area (TPSA) is 42.4 Å². The molecule has 0 radical (unpaired) electrons. The number of halogens is 2. The summed E-state index contributed by atoms with van der Waals surface area (Å²) in [5, 5.41) is 1.25. The molecule has 2 heterocycles. The Hall–Kier alpha value is -0.650. The molecule has 1 aromatic heterocycles. The number of alkyl halides is 1. The number of aromatic nitrogens is 1. The Labute approximate surface area is 119 Å². The van der Waals surface area contributed by atoms with Crippen LogP contribution >= 0.6 is 27.5 Å². The molecule has 18 heavy (non-hydrogen) atoms. The van der Waals surface area contributed by atoms with Gasteiger partial charge in [0, 0.05) is 18.1 Å². The molecule has 1 saturated heterocycles. The third kappa shape index (κ3) is 3.02. The second-order valence-electron chi connectivity index (χ2n) is 4.28. The number of carbonyl (C=O) groups is 1. The van der Waals surface area contributed by atoms with E-state index in [4.69, 9.17) is 16.3 Å². The third-order valence-electron chi connectivity index (χ3n) is 2.88. The Bertz CT molecular complexity index is 427. The number of amides is 1. The van der Waals surface area contributed by atoms with Gasteiger partial charge in [0.1, 0.15) is 5.69 Å². The summed E-state index contributed by atoms with van der Waals surface area (Å²) >= 11 is 9.14. The molecule has 0 aromatic carbocycles. The van der Waals surface area contributed by atoms with Crippen LogP contribution in [0.15, 0.2) is 18.3 Å². The molecule has 98 valence electrons. The van der Waals surface area contributed by atoms with Crippen molar-refractivity contribution in [2.75, 3.05) is 18.5 Å². The van der Waals surface area contributed by atoms with Gasteiger partial charge in [-0.25, -0.2) is 4.98 Å². The number of hydrogen-bond acceptors (Lipinski definition) is 3.